The molecule has 0 spiro atoms. The molecule has 0 bridgehead atoms. The highest BCUT2D eigenvalue weighted by Gasteiger charge is 2.17. The molecule has 1 heterocycles. The van der Waals surface area contributed by atoms with Gasteiger partial charge in [-0.15, -0.1) is 0 Å². The van der Waals surface area contributed by atoms with Gasteiger partial charge in [-0.3, -0.25) is 0 Å². The van der Waals surface area contributed by atoms with E-state index in [1.54, 1.807) is 0 Å². The fraction of sp³-hybridized carbons (Fsp3) is 0.714. The molecule has 0 saturated heterocycles. The number of rotatable bonds is 6. The van der Waals surface area contributed by atoms with E-state index in [0.717, 1.165) is 30.2 Å². The quantitative estimate of drug-likeness (QED) is 0.544. The maximum atomic E-state index is 5.53. The molecule has 0 amide bonds. The van der Waals surface area contributed by atoms with Gasteiger partial charge < -0.3 is 10.7 Å². The van der Waals surface area contributed by atoms with Gasteiger partial charge in [0.15, 0.2) is 0 Å². The van der Waals surface area contributed by atoms with E-state index in [4.69, 9.17) is 5.84 Å². The van der Waals surface area contributed by atoms with E-state index in [1.807, 2.05) is 6.92 Å². The van der Waals surface area contributed by atoms with Crippen LogP contribution in [0.5, 0.6) is 0 Å². The Balaban J connectivity index is 3.02. The van der Waals surface area contributed by atoms with E-state index in [1.165, 1.54) is 0 Å². The Morgan fingerprint density at radius 2 is 1.79 bits per heavy atom. The van der Waals surface area contributed by atoms with E-state index >= 15 is 0 Å². The largest absolute Gasteiger partial charge is 0.369 e. The van der Waals surface area contributed by atoms with Gasteiger partial charge in [0.25, 0.3) is 0 Å². The first-order valence-electron chi connectivity index (χ1n) is 6.89. The summed E-state index contributed by atoms with van der Waals surface area (Å²) in [5.41, 5.74) is 3.85. The van der Waals surface area contributed by atoms with E-state index < -0.39 is 0 Å². The van der Waals surface area contributed by atoms with Crippen molar-refractivity contribution in [3.8, 4) is 0 Å². The van der Waals surface area contributed by atoms with Crippen molar-refractivity contribution in [2.75, 3.05) is 17.3 Å². The summed E-state index contributed by atoms with van der Waals surface area (Å²) in [7, 11) is 0. The molecule has 4 N–H and O–H groups in total. The van der Waals surface area contributed by atoms with E-state index in [0.29, 0.717) is 5.82 Å². The van der Waals surface area contributed by atoms with Crippen molar-refractivity contribution in [1.82, 2.24) is 9.97 Å². The zero-order chi connectivity index (χ0) is 14.6. The second-order valence-electron chi connectivity index (χ2n) is 6.07. The van der Waals surface area contributed by atoms with Gasteiger partial charge in [-0.05, 0) is 18.8 Å². The molecule has 1 aromatic rings. The van der Waals surface area contributed by atoms with Crippen molar-refractivity contribution >= 4 is 11.6 Å². The van der Waals surface area contributed by atoms with Gasteiger partial charge in [0, 0.05) is 18.0 Å². The third-order valence-corrected chi connectivity index (χ3v) is 3.51. The Morgan fingerprint density at radius 3 is 2.26 bits per heavy atom. The molecule has 0 aliphatic heterocycles. The van der Waals surface area contributed by atoms with Crippen LogP contribution in [0.3, 0.4) is 0 Å². The SMILES string of the molecule is CCC(C)(C)CNc1nc(C(C)C)nc(NN)c1C. The molecule has 0 aromatic carbocycles. The fourth-order valence-corrected chi connectivity index (χ4v) is 1.55. The van der Waals surface area contributed by atoms with Crippen LogP contribution in [0.15, 0.2) is 0 Å². The summed E-state index contributed by atoms with van der Waals surface area (Å²) in [5.74, 6) is 8.16. The number of nitrogens with one attached hydrogen (secondary N) is 2. The van der Waals surface area contributed by atoms with Crippen molar-refractivity contribution in [3.05, 3.63) is 11.4 Å². The van der Waals surface area contributed by atoms with Crippen LogP contribution in [-0.4, -0.2) is 16.5 Å². The Hall–Kier alpha value is -1.36. The molecule has 0 atom stereocenters. The van der Waals surface area contributed by atoms with Gasteiger partial charge in [-0.2, -0.15) is 0 Å². The lowest BCUT2D eigenvalue weighted by Gasteiger charge is -2.24. The lowest BCUT2D eigenvalue weighted by Crippen LogP contribution is -2.24. The van der Waals surface area contributed by atoms with Gasteiger partial charge in [0.05, 0.1) is 0 Å². The predicted molar refractivity (Wildman–Crippen MR) is 81.2 cm³/mol. The first kappa shape index (κ1) is 15.7. The number of nitrogens with two attached hydrogens (primary N) is 1. The zero-order valence-electron chi connectivity index (χ0n) is 13.0. The van der Waals surface area contributed by atoms with Crippen LogP contribution in [-0.2, 0) is 0 Å². The van der Waals surface area contributed by atoms with Crippen LogP contribution < -0.4 is 16.6 Å². The van der Waals surface area contributed by atoms with Crippen molar-refractivity contribution in [1.29, 1.82) is 0 Å². The second-order valence-corrected chi connectivity index (χ2v) is 6.07. The van der Waals surface area contributed by atoms with Gasteiger partial charge in [0.2, 0.25) is 0 Å². The molecule has 0 fully saturated rings. The molecule has 0 radical (unpaired) electrons. The Labute approximate surface area is 116 Å². The molecule has 5 heteroatoms. The first-order chi connectivity index (χ1) is 8.80. The molecule has 19 heavy (non-hydrogen) atoms. The monoisotopic (exact) mass is 265 g/mol. The summed E-state index contributed by atoms with van der Waals surface area (Å²) in [6, 6.07) is 0. The summed E-state index contributed by atoms with van der Waals surface area (Å²) in [6.07, 6.45) is 1.11. The number of anilines is 2. The molecule has 0 saturated carbocycles. The van der Waals surface area contributed by atoms with Crippen LogP contribution in [0.2, 0.25) is 0 Å². The topological polar surface area (TPSA) is 75.9 Å². The Morgan fingerprint density at radius 1 is 1.21 bits per heavy atom. The maximum Gasteiger partial charge on any atom is 0.148 e. The molecule has 108 valence electrons. The lowest BCUT2D eigenvalue weighted by atomic mass is 9.90. The van der Waals surface area contributed by atoms with Crippen LogP contribution in [0.25, 0.3) is 0 Å². The summed E-state index contributed by atoms with van der Waals surface area (Å²) < 4.78 is 0. The fourth-order valence-electron chi connectivity index (χ4n) is 1.55. The molecule has 0 aliphatic carbocycles. The van der Waals surface area contributed by atoms with Crippen molar-refractivity contribution in [2.45, 2.75) is 53.9 Å². The number of hydrogen-bond donors (Lipinski definition) is 3. The van der Waals surface area contributed by atoms with Crippen molar-refractivity contribution in [3.63, 3.8) is 0 Å². The Kier molecular flexibility index (Phi) is 5.11. The van der Waals surface area contributed by atoms with E-state index in [-0.39, 0.29) is 11.3 Å². The average Bonchev–Trinajstić information content (AvgIpc) is 2.37. The standard InChI is InChI=1S/C14H27N5/c1-7-14(5,6)8-16-12-10(4)13(19-15)18-11(17-12)9(2)3/h9H,7-8,15H2,1-6H3,(H2,16,17,18,19). The van der Waals surface area contributed by atoms with Crippen molar-refractivity contribution in [2.24, 2.45) is 11.3 Å². The highest BCUT2D eigenvalue weighted by atomic mass is 15.3. The molecular formula is C14H27N5. The van der Waals surface area contributed by atoms with Crippen LogP contribution in [0.4, 0.5) is 11.6 Å². The van der Waals surface area contributed by atoms with Crippen LogP contribution in [0.1, 0.15) is 58.3 Å². The van der Waals surface area contributed by atoms with Gasteiger partial charge in [-0.25, -0.2) is 15.8 Å². The van der Waals surface area contributed by atoms with E-state index in [9.17, 15) is 0 Å². The molecule has 1 aromatic heterocycles. The summed E-state index contributed by atoms with van der Waals surface area (Å²) in [5, 5.41) is 3.43. The molecule has 1 rings (SSSR count). The van der Waals surface area contributed by atoms with Crippen LogP contribution >= 0.6 is 0 Å². The lowest BCUT2D eigenvalue weighted by molar-refractivity contribution is 0.376. The molecule has 0 unspecified atom stereocenters. The Bertz CT molecular complexity index is 426. The normalized spacial score (nSPS) is 11.8. The van der Waals surface area contributed by atoms with Gasteiger partial charge >= 0.3 is 0 Å². The summed E-state index contributed by atoms with van der Waals surface area (Å²) >= 11 is 0. The third-order valence-electron chi connectivity index (χ3n) is 3.51. The molecule has 0 aliphatic rings. The number of nitrogen functional groups attached to an aromatic ring is 1. The zero-order valence-corrected chi connectivity index (χ0v) is 13.0. The summed E-state index contributed by atoms with van der Waals surface area (Å²) in [6.45, 7) is 13.7. The van der Waals surface area contributed by atoms with Crippen molar-refractivity contribution < 1.29 is 0 Å². The number of nitrogens with zero attached hydrogens (tertiary/aromatic N) is 2. The first-order valence-corrected chi connectivity index (χ1v) is 6.89. The van der Waals surface area contributed by atoms with Gasteiger partial charge in [0.1, 0.15) is 17.5 Å². The van der Waals surface area contributed by atoms with E-state index in [2.05, 4.69) is 55.3 Å². The predicted octanol–water partition coefficient (Wildman–Crippen LogP) is 3.04. The highest BCUT2D eigenvalue weighted by molar-refractivity contribution is 5.56. The minimum absolute atomic E-state index is 0.242. The molecular weight excluding hydrogens is 238 g/mol. The minimum Gasteiger partial charge on any atom is -0.369 e. The van der Waals surface area contributed by atoms with Crippen LogP contribution in [0, 0.1) is 12.3 Å². The van der Waals surface area contributed by atoms with Gasteiger partial charge in [-0.1, -0.05) is 34.6 Å². The third kappa shape index (κ3) is 4.06. The average molecular weight is 265 g/mol. The summed E-state index contributed by atoms with van der Waals surface area (Å²) in [4.78, 5) is 9.03. The maximum absolute atomic E-state index is 5.53. The smallest absolute Gasteiger partial charge is 0.148 e. The number of aromatic nitrogens is 2. The number of hydrogen-bond acceptors (Lipinski definition) is 5. The second kappa shape index (κ2) is 6.19. The minimum atomic E-state index is 0.242. The number of hydrazine groups is 1. The molecule has 5 nitrogen and oxygen atoms in total. The highest BCUT2D eigenvalue weighted by Crippen LogP contribution is 2.25.